The largest absolute Gasteiger partial charge is 0.298 e. The van der Waals surface area contributed by atoms with Crippen molar-refractivity contribution in [2.75, 3.05) is 13.1 Å². The maximum atomic E-state index is 11.3. The second-order valence-corrected chi connectivity index (χ2v) is 5.49. The number of amides is 1. The van der Waals surface area contributed by atoms with E-state index in [-0.39, 0.29) is 5.91 Å². The summed E-state index contributed by atoms with van der Waals surface area (Å²) < 4.78 is 0. The molecule has 2 heterocycles. The van der Waals surface area contributed by atoms with Crippen LogP contribution in [0.15, 0.2) is 18.3 Å². The molecule has 1 saturated heterocycles. The molecule has 5 nitrogen and oxygen atoms in total. The lowest BCUT2D eigenvalue weighted by atomic mass is 9.98. The van der Waals surface area contributed by atoms with Crippen LogP contribution < -0.4 is 11.3 Å². The molecule has 0 radical (unpaired) electrons. The number of hydrogen-bond donors (Lipinski definition) is 2. The van der Waals surface area contributed by atoms with Crippen molar-refractivity contribution in [3.05, 3.63) is 29.6 Å². The lowest BCUT2D eigenvalue weighted by Gasteiger charge is -2.19. The van der Waals surface area contributed by atoms with Gasteiger partial charge in [-0.05, 0) is 50.4 Å². The summed E-state index contributed by atoms with van der Waals surface area (Å²) in [6.45, 7) is 5.43. The van der Waals surface area contributed by atoms with Crippen LogP contribution in [-0.4, -0.2) is 28.9 Å². The molecule has 1 fully saturated rings. The second kappa shape index (κ2) is 7.36. The van der Waals surface area contributed by atoms with Crippen LogP contribution in [0.5, 0.6) is 0 Å². The highest BCUT2D eigenvalue weighted by atomic mass is 16.2. The number of nitrogens with zero attached hydrogens (tertiary/aromatic N) is 2. The molecule has 1 aliphatic heterocycles. The van der Waals surface area contributed by atoms with E-state index in [0.29, 0.717) is 5.56 Å². The third-order valence-electron chi connectivity index (χ3n) is 4.12. The standard InChI is InChI=1S/C15H24N4O/c1-2-12-4-3-8-19(9-7-12)11-14-6-5-13(10-17-14)15(20)18-16/h5-6,10,12H,2-4,7-9,11,16H2,1H3,(H,18,20). The van der Waals surface area contributed by atoms with Crippen LogP contribution in [0.3, 0.4) is 0 Å². The quantitative estimate of drug-likeness (QED) is 0.499. The van der Waals surface area contributed by atoms with Gasteiger partial charge in [0.15, 0.2) is 0 Å². The number of nitrogen functional groups attached to an aromatic ring is 1. The molecule has 0 bridgehead atoms. The summed E-state index contributed by atoms with van der Waals surface area (Å²) >= 11 is 0. The van der Waals surface area contributed by atoms with Gasteiger partial charge in [-0.25, -0.2) is 5.84 Å². The number of rotatable bonds is 4. The molecule has 20 heavy (non-hydrogen) atoms. The van der Waals surface area contributed by atoms with Gasteiger partial charge >= 0.3 is 0 Å². The number of pyridine rings is 1. The summed E-state index contributed by atoms with van der Waals surface area (Å²) in [5, 5.41) is 0. The highest BCUT2D eigenvalue weighted by Crippen LogP contribution is 2.21. The predicted molar refractivity (Wildman–Crippen MR) is 78.8 cm³/mol. The Morgan fingerprint density at radius 3 is 2.95 bits per heavy atom. The van der Waals surface area contributed by atoms with E-state index in [1.54, 1.807) is 12.3 Å². The summed E-state index contributed by atoms with van der Waals surface area (Å²) in [6.07, 6.45) is 6.77. The van der Waals surface area contributed by atoms with E-state index in [0.717, 1.165) is 31.2 Å². The van der Waals surface area contributed by atoms with Crippen LogP contribution in [0.1, 0.15) is 48.7 Å². The summed E-state index contributed by atoms with van der Waals surface area (Å²) in [4.78, 5) is 18.2. The lowest BCUT2D eigenvalue weighted by molar-refractivity contribution is 0.0953. The van der Waals surface area contributed by atoms with Gasteiger partial charge in [-0.2, -0.15) is 0 Å². The Morgan fingerprint density at radius 1 is 1.45 bits per heavy atom. The number of likely N-dealkylation sites (tertiary alicyclic amines) is 1. The van der Waals surface area contributed by atoms with Gasteiger partial charge in [-0.3, -0.25) is 20.1 Å². The van der Waals surface area contributed by atoms with Crippen molar-refractivity contribution in [2.45, 2.75) is 39.2 Å². The van der Waals surface area contributed by atoms with Crippen molar-refractivity contribution in [1.82, 2.24) is 15.3 Å². The fraction of sp³-hybridized carbons (Fsp3) is 0.600. The number of nitrogens with one attached hydrogen (secondary N) is 1. The van der Waals surface area contributed by atoms with Crippen molar-refractivity contribution in [1.29, 1.82) is 0 Å². The predicted octanol–water partition coefficient (Wildman–Crippen LogP) is 1.70. The van der Waals surface area contributed by atoms with Crippen LogP contribution in [0.2, 0.25) is 0 Å². The average Bonchev–Trinajstić information content (AvgIpc) is 2.72. The minimum absolute atomic E-state index is 0.301. The zero-order chi connectivity index (χ0) is 14.4. The number of carbonyl (C=O) groups is 1. The first kappa shape index (κ1) is 14.9. The van der Waals surface area contributed by atoms with Gasteiger partial charge in [-0.1, -0.05) is 13.3 Å². The Morgan fingerprint density at radius 2 is 2.30 bits per heavy atom. The minimum atomic E-state index is -0.301. The fourth-order valence-corrected chi connectivity index (χ4v) is 2.76. The normalized spacial score (nSPS) is 20.4. The average molecular weight is 276 g/mol. The molecule has 110 valence electrons. The Labute approximate surface area is 120 Å². The van der Waals surface area contributed by atoms with Gasteiger partial charge in [0.2, 0.25) is 0 Å². The maximum absolute atomic E-state index is 11.3. The summed E-state index contributed by atoms with van der Waals surface area (Å²) in [5.41, 5.74) is 3.62. The molecule has 1 amide bonds. The molecule has 0 aliphatic carbocycles. The van der Waals surface area contributed by atoms with Crippen molar-refractivity contribution in [3.63, 3.8) is 0 Å². The molecule has 1 aromatic rings. The topological polar surface area (TPSA) is 71.2 Å². The number of carbonyl (C=O) groups excluding carboxylic acids is 1. The van der Waals surface area contributed by atoms with Gasteiger partial charge in [0.25, 0.3) is 5.91 Å². The molecule has 1 atom stereocenters. The fourth-order valence-electron chi connectivity index (χ4n) is 2.76. The van der Waals surface area contributed by atoms with Crippen LogP contribution >= 0.6 is 0 Å². The van der Waals surface area contributed by atoms with Gasteiger partial charge in [-0.15, -0.1) is 0 Å². The third kappa shape index (κ3) is 4.02. The molecule has 3 N–H and O–H groups in total. The van der Waals surface area contributed by atoms with E-state index in [1.807, 2.05) is 6.07 Å². The molecular formula is C15H24N4O. The molecule has 0 aromatic carbocycles. The Kier molecular flexibility index (Phi) is 5.49. The van der Waals surface area contributed by atoms with Crippen molar-refractivity contribution in [2.24, 2.45) is 11.8 Å². The first-order chi connectivity index (χ1) is 9.72. The highest BCUT2D eigenvalue weighted by Gasteiger charge is 2.16. The molecule has 5 heteroatoms. The first-order valence-electron chi connectivity index (χ1n) is 7.41. The molecule has 1 aliphatic rings. The Bertz CT molecular complexity index is 432. The van der Waals surface area contributed by atoms with E-state index in [9.17, 15) is 4.79 Å². The van der Waals surface area contributed by atoms with Crippen molar-refractivity contribution >= 4 is 5.91 Å². The highest BCUT2D eigenvalue weighted by molar-refractivity contribution is 5.93. The Hall–Kier alpha value is -1.46. The van der Waals surface area contributed by atoms with Gasteiger partial charge in [0, 0.05) is 12.7 Å². The molecule has 1 aromatic heterocycles. The number of aromatic nitrogens is 1. The Balaban J connectivity index is 1.91. The van der Waals surface area contributed by atoms with Crippen LogP contribution in [0.4, 0.5) is 0 Å². The van der Waals surface area contributed by atoms with E-state index < -0.39 is 0 Å². The molecule has 2 rings (SSSR count). The van der Waals surface area contributed by atoms with Crippen LogP contribution in [0, 0.1) is 5.92 Å². The van der Waals surface area contributed by atoms with Crippen LogP contribution in [-0.2, 0) is 6.54 Å². The zero-order valence-corrected chi connectivity index (χ0v) is 12.1. The van der Waals surface area contributed by atoms with Gasteiger partial charge in [0.05, 0.1) is 11.3 Å². The maximum Gasteiger partial charge on any atom is 0.266 e. The van der Waals surface area contributed by atoms with E-state index in [1.165, 1.54) is 25.7 Å². The summed E-state index contributed by atoms with van der Waals surface area (Å²) in [5.74, 6) is 5.68. The minimum Gasteiger partial charge on any atom is -0.298 e. The smallest absolute Gasteiger partial charge is 0.266 e. The first-order valence-corrected chi connectivity index (χ1v) is 7.41. The summed E-state index contributed by atoms with van der Waals surface area (Å²) in [6, 6.07) is 3.68. The number of hydrazine groups is 1. The van der Waals surface area contributed by atoms with Crippen LogP contribution in [0.25, 0.3) is 0 Å². The lowest BCUT2D eigenvalue weighted by Crippen LogP contribution is -2.30. The van der Waals surface area contributed by atoms with E-state index in [4.69, 9.17) is 5.84 Å². The number of hydrogen-bond acceptors (Lipinski definition) is 4. The molecule has 0 spiro atoms. The van der Waals surface area contributed by atoms with E-state index >= 15 is 0 Å². The zero-order valence-electron chi connectivity index (χ0n) is 12.1. The van der Waals surface area contributed by atoms with Crippen molar-refractivity contribution in [3.8, 4) is 0 Å². The van der Waals surface area contributed by atoms with E-state index in [2.05, 4.69) is 22.2 Å². The molecular weight excluding hydrogens is 252 g/mol. The number of nitrogens with two attached hydrogens (primary N) is 1. The molecule has 0 saturated carbocycles. The second-order valence-electron chi connectivity index (χ2n) is 5.49. The van der Waals surface area contributed by atoms with Gasteiger partial charge in [0.1, 0.15) is 0 Å². The van der Waals surface area contributed by atoms with Crippen molar-refractivity contribution < 1.29 is 4.79 Å². The van der Waals surface area contributed by atoms with Gasteiger partial charge < -0.3 is 0 Å². The monoisotopic (exact) mass is 276 g/mol. The SMILES string of the molecule is CCC1CCCN(Cc2ccc(C(=O)NN)cn2)CC1. The summed E-state index contributed by atoms with van der Waals surface area (Å²) in [7, 11) is 0. The molecule has 1 unspecified atom stereocenters. The third-order valence-corrected chi connectivity index (χ3v) is 4.12.